The van der Waals surface area contributed by atoms with Crippen LogP contribution in [0.3, 0.4) is 0 Å². The van der Waals surface area contributed by atoms with E-state index in [0.29, 0.717) is 75.3 Å². The van der Waals surface area contributed by atoms with Crippen LogP contribution >= 0.6 is 0 Å². The van der Waals surface area contributed by atoms with Crippen molar-refractivity contribution in [2.24, 2.45) is 0 Å². The predicted octanol–water partition coefficient (Wildman–Crippen LogP) is 11.9. The number of benzene rings is 10. The van der Waals surface area contributed by atoms with Crippen molar-refractivity contribution < 1.29 is 55.4 Å². The smallest absolute Gasteiger partial charge is 0.488 e. The van der Waals surface area contributed by atoms with Gasteiger partial charge in [0, 0.05) is 105 Å². The first-order valence-electron chi connectivity index (χ1n) is 35.0. The number of carbonyl (C=O) groups excluding carboxylic acids is 1. The van der Waals surface area contributed by atoms with Gasteiger partial charge in [0.15, 0.2) is 5.71 Å². The molecule has 2 heterocycles. The molecule has 2 aliphatic heterocycles. The zero-order valence-electron chi connectivity index (χ0n) is 58.8. The number of hydrogen-bond donors (Lipinski definition) is 6. The van der Waals surface area contributed by atoms with Crippen LogP contribution in [-0.2, 0) is 68.6 Å². The monoisotopic (exact) mass is 1420 g/mol. The highest BCUT2D eigenvalue weighted by molar-refractivity contribution is 7.85. The van der Waals surface area contributed by atoms with Gasteiger partial charge in [-0.1, -0.05) is 202 Å². The van der Waals surface area contributed by atoms with E-state index in [1.54, 1.807) is 31.2 Å². The summed E-state index contributed by atoms with van der Waals surface area (Å²) in [5, 5.41) is 54.1. The largest absolute Gasteiger partial charge is 0.748 e. The van der Waals surface area contributed by atoms with Crippen LogP contribution in [-0.4, -0.2) is 124 Å². The fourth-order valence-corrected chi connectivity index (χ4v) is 16.5. The van der Waals surface area contributed by atoms with Gasteiger partial charge in [-0.2, -0.15) is 13.0 Å². The third kappa shape index (κ3) is 16.4. The van der Waals surface area contributed by atoms with Gasteiger partial charge < -0.3 is 34.9 Å². The summed E-state index contributed by atoms with van der Waals surface area (Å²) in [6.45, 7) is 17.8. The number of amides is 1. The highest BCUT2D eigenvalue weighted by atomic mass is 32.2. The van der Waals surface area contributed by atoms with Crippen LogP contribution in [0.2, 0.25) is 0 Å². The van der Waals surface area contributed by atoms with E-state index in [1.807, 2.05) is 72.8 Å². The Labute approximate surface area is 604 Å². The number of nitrogens with zero attached hydrogens (tertiary/aromatic N) is 4. The van der Waals surface area contributed by atoms with Crippen LogP contribution in [0.1, 0.15) is 98.4 Å². The third-order valence-corrected chi connectivity index (χ3v) is 21.9. The number of carbonyl (C=O) groups is 1. The second-order valence-electron chi connectivity index (χ2n) is 28.2. The van der Waals surface area contributed by atoms with E-state index in [4.69, 9.17) is 0 Å². The summed E-state index contributed by atoms with van der Waals surface area (Å²) in [6.07, 6.45) is 9.29. The van der Waals surface area contributed by atoms with Gasteiger partial charge in [0.2, 0.25) is 11.6 Å². The van der Waals surface area contributed by atoms with Crippen molar-refractivity contribution in [2.45, 2.75) is 97.4 Å². The van der Waals surface area contributed by atoms with Crippen molar-refractivity contribution in [1.82, 2.24) is 15.1 Å². The first-order valence-corrected chi connectivity index (χ1v) is 38.2. The predicted molar refractivity (Wildman–Crippen MR) is 416 cm³/mol. The Morgan fingerprint density at radius 3 is 1.66 bits per heavy atom. The van der Waals surface area contributed by atoms with Gasteiger partial charge in [-0.25, -0.2) is 8.42 Å². The number of allylic oxidation sites excluding steroid dienone is 6. The molecule has 10 aromatic carbocycles. The van der Waals surface area contributed by atoms with Crippen molar-refractivity contribution in [2.75, 3.05) is 42.6 Å². The highest BCUT2D eigenvalue weighted by Gasteiger charge is 2.46. The van der Waals surface area contributed by atoms with Crippen LogP contribution in [0.15, 0.2) is 236 Å². The molecule has 0 saturated carbocycles. The Kier molecular flexibility index (Phi) is 22.2. The maximum atomic E-state index is 12.6. The molecule has 6 N–H and O–H groups in total. The van der Waals surface area contributed by atoms with Gasteiger partial charge in [0.1, 0.15) is 6.54 Å². The molecule has 0 radical (unpaired) electrons. The molecule has 2 aliphatic rings. The number of rotatable bonds is 29. The number of fused-ring (bicyclic) bond motifs is 8. The minimum absolute atomic E-state index is 0.107. The van der Waals surface area contributed by atoms with Crippen molar-refractivity contribution in [3.63, 3.8) is 0 Å². The number of anilines is 1. The van der Waals surface area contributed by atoms with E-state index in [1.165, 1.54) is 0 Å². The molecule has 103 heavy (non-hydrogen) atoms. The van der Waals surface area contributed by atoms with Crippen LogP contribution < -0.4 is 21.1 Å². The molecule has 10 aromatic rings. The minimum atomic E-state index is -4.51. The molecule has 528 valence electrons. The number of hydrogen-bond acceptors (Lipinski definition) is 13. The van der Waals surface area contributed by atoms with Gasteiger partial charge >= 0.3 is 14.2 Å². The molecule has 0 spiro atoms. The summed E-state index contributed by atoms with van der Waals surface area (Å²) >= 11 is 0. The molecule has 20 heteroatoms. The van der Waals surface area contributed by atoms with Gasteiger partial charge in [-0.15, -0.1) is 0 Å². The second kappa shape index (κ2) is 31.0. The average molecular weight is 1420 g/mol. The fourth-order valence-electron chi connectivity index (χ4n) is 15.5. The summed E-state index contributed by atoms with van der Waals surface area (Å²) in [4.78, 5) is 19.4. The highest BCUT2D eigenvalue weighted by Crippen LogP contribution is 2.51. The Morgan fingerprint density at radius 1 is 0.592 bits per heavy atom. The SMILES string of the molecule is C=C(C)C(=O)NCCCN(Cc1ccccc1B(O)O)Cc1c2ccccc2c(CN(Cc2ccc(C(=C\C=C3/N(CCCS(=O)(=O)O)c4ccc5ccccc5c4C3(C)C)/C=C/C3=[N+](CCCS(=O)(=O)[O-])c4ccc5ccccc5c4C3(C)C)cc2)Cc2ccccc2B(O)O)c2ccccc12. The Balaban J connectivity index is 0.958. The quantitative estimate of drug-likeness (QED) is 0.00487. The Hall–Kier alpha value is -9.15. The van der Waals surface area contributed by atoms with Crippen molar-refractivity contribution in [3.8, 4) is 0 Å². The van der Waals surface area contributed by atoms with Gasteiger partial charge in [0.05, 0.1) is 21.3 Å². The van der Waals surface area contributed by atoms with E-state index in [0.717, 1.165) is 116 Å². The van der Waals surface area contributed by atoms with Crippen LogP contribution in [0.25, 0.3) is 48.7 Å². The van der Waals surface area contributed by atoms with Crippen LogP contribution in [0, 0.1) is 0 Å². The normalized spacial score (nSPS) is 14.9. The molecule has 12 rings (SSSR count). The molecular weight excluding hydrogens is 1330 g/mol. The van der Waals surface area contributed by atoms with E-state index in [9.17, 15) is 50.8 Å². The maximum absolute atomic E-state index is 12.6. The maximum Gasteiger partial charge on any atom is 0.488 e. The first kappa shape index (κ1) is 73.6. The summed E-state index contributed by atoms with van der Waals surface area (Å²) in [5.74, 6) is -1.15. The van der Waals surface area contributed by atoms with E-state index in [-0.39, 0.29) is 25.3 Å². The lowest BCUT2D eigenvalue weighted by Gasteiger charge is -2.28. The fraction of sp³-hybridized carbons (Fsp3) is 0.253. The molecule has 16 nitrogen and oxygen atoms in total. The Bertz CT molecular complexity index is 5210. The summed E-state index contributed by atoms with van der Waals surface area (Å²) in [5.41, 5.74) is 12.3. The van der Waals surface area contributed by atoms with Gasteiger partial charge in [0.25, 0.3) is 10.1 Å². The molecule has 0 atom stereocenters. The standard InChI is InChI=1S/C83H87B2N5O11S2/c1-57(2)81(91)86-46-19-47-87(53-63-24-9-17-32-73(63)84(92)93)55-71-67-28-13-15-30-69(67)72(70-31-16-14-29-68(70)71)56-88(54-64-25-10-18-33-74(64)85(94)95)52-58-34-36-59(37-35-58)60(40-44-77-82(3,4)79-65-26-11-7-22-61(65)38-42-75(79)89(77)48-20-50-102(96,97)98)41-45-78-83(5,6)80-66-27-12-8-23-62(66)39-43-76(80)90(78)49-21-51-103(99,100)101/h7-18,22-45,92-95H,1,19-21,46-56H2,2-6H3,(H2-,86,91,96,97,98,99,100,101). The van der Waals surface area contributed by atoms with E-state index in [2.05, 4.69) is 180 Å². The van der Waals surface area contributed by atoms with Crippen molar-refractivity contribution in [1.29, 1.82) is 0 Å². The van der Waals surface area contributed by atoms with Crippen LogP contribution in [0.5, 0.6) is 0 Å². The lowest BCUT2D eigenvalue weighted by molar-refractivity contribution is -0.437. The first-order chi connectivity index (χ1) is 49.3. The lowest BCUT2D eigenvalue weighted by atomic mass is 9.77. The second-order valence-corrected chi connectivity index (χ2v) is 31.3. The molecule has 0 aromatic heterocycles. The topological polar surface area (TPSA) is 234 Å². The van der Waals surface area contributed by atoms with Gasteiger partial charge in [-0.3, -0.25) is 19.1 Å². The van der Waals surface area contributed by atoms with E-state index >= 15 is 0 Å². The van der Waals surface area contributed by atoms with Gasteiger partial charge in [-0.05, 0) is 156 Å². The Morgan fingerprint density at radius 2 is 1.11 bits per heavy atom. The molecule has 1 amide bonds. The summed E-state index contributed by atoms with van der Waals surface area (Å²) in [7, 11) is -12.2. The zero-order chi connectivity index (χ0) is 73.0. The zero-order valence-corrected chi connectivity index (χ0v) is 60.5. The summed E-state index contributed by atoms with van der Waals surface area (Å²) in [6, 6.07) is 64.6. The summed E-state index contributed by atoms with van der Waals surface area (Å²) < 4.78 is 73.1. The molecule has 0 fully saturated rings. The van der Waals surface area contributed by atoms with Crippen molar-refractivity contribution in [3.05, 3.63) is 281 Å². The average Bonchev–Trinajstić information content (AvgIpc) is 1.61. The van der Waals surface area contributed by atoms with Crippen LogP contribution in [0.4, 0.5) is 11.4 Å². The molecule has 0 aliphatic carbocycles. The van der Waals surface area contributed by atoms with E-state index < -0.39 is 56.8 Å². The molecule has 0 unspecified atom stereocenters. The minimum Gasteiger partial charge on any atom is -0.748 e. The number of nitrogens with one attached hydrogen (secondary N) is 1. The molecule has 0 bridgehead atoms. The third-order valence-electron chi connectivity index (χ3n) is 20.3. The lowest BCUT2D eigenvalue weighted by Crippen LogP contribution is -2.36. The molecular formula is C83H87B2N5O11S2. The molecule has 0 saturated heterocycles. The van der Waals surface area contributed by atoms with Crippen molar-refractivity contribution >= 4 is 117 Å².